The SMILES string of the molecule is P.P.[Co].[Co]. The minimum atomic E-state index is 0. The minimum absolute atomic E-state index is 0. The summed E-state index contributed by atoms with van der Waals surface area (Å²) in [6.45, 7) is 0. The van der Waals surface area contributed by atoms with Gasteiger partial charge in [0.25, 0.3) is 0 Å². The first-order valence-electron chi connectivity index (χ1n) is 0. The molecule has 0 aromatic carbocycles. The van der Waals surface area contributed by atoms with Crippen molar-refractivity contribution in [2.24, 2.45) is 0 Å². The van der Waals surface area contributed by atoms with E-state index < -0.39 is 0 Å². The van der Waals surface area contributed by atoms with Gasteiger partial charge in [0.05, 0.1) is 0 Å². The standard InChI is InChI=1S/2Co.2H3P/h;;2*1H3. The second kappa shape index (κ2) is 20.8. The van der Waals surface area contributed by atoms with Crippen molar-refractivity contribution in [1.82, 2.24) is 0 Å². The van der Waals surface area contributed by atoms with E-state index in [1.807, 2.05) is 0 Å². The zero-order valence-electron chi connectivity index (χ0n) is 2.08. The third-order valence-electron chi connectivity index (χ3n) is 0. The molecule has 2 unspecified atom stereocenters. The van der Waals surface area contributed by atoms with Crippen molar-refractivity contribution in [2.45, 2.75) is 0 Å². The first-order chi connectivity index (χ1) is 0. The first-order valence-corrected chi connectivity index (χ1v) is 0. The van der Waals surface area contributed by atoms with Crippen LogP contribution in [0.5, 0.6) is 0 Å². The fourth-order valence-electron chi connectivity index (χ4n) is 0. The van der Waals surface area contributed by atoms with Crippen molar-refractivity contribution in [1.29, 1.82) is 0 Å². The predicted molar refractivity (Wildman–Crippen MR) is 22.2 cm³/mol. The van der Waals surface area contributed by atoms with Gasteiger partial charge in [0.2, 0.25) is 0 Å². The molecule has 0 spiro atoms. The summed E-state index contributed by atoms with van der Waals surface area (Å²) < 4.78 is 0. The van der Waals surface area contributed by atoms with Crippen LogP contribution in [0, 0.1) is 0 Å². The minimum Gasteiger partial charge on any atom is -0.153 e. The molecule has 0 aliphatic heterocycles. The van der Waals surface area contributed by atoms with E-state index in [0.29, 0.717) is 0 Å². The molecular weight excluding hydrogens is 180 g/mol. The second-order valence-corrected chi connectivity index (χ2v) is 0. The Bertz CT molecular complexity index is 4.00. The van der Waals surface area contributed by atoms with Crippen LogP contribution in [-0.2, 0) is 33.6 Å². The molecule has 0 saturated carbocycles. The molecule has 0 nitrogen and oxygen atoms in total. The van der Waals surface area contributed by atoms with Gasteiger partial charge in [-0.2, -0.15) is 19.8 Å². The molecular formula is H6Co2P2. The Hall–Kier alpha value is 1.87. The van der Waals surface area contributed by atoms with Crippen LogP contribution in [0.4, 0.5) is 0 Å². The Morgan fingerprint density at radius 1 is 0.500 bits per heavy atom. The average Bonchev–Trinajstić information content (AvgIpc) is 0. The Morgan fingerprint density at radius 2 is 0.500 bits per heavy atom. The molecule has 0 saturated heterocycles. The smallest absolute Gasteiger partial charge is 0 e. The van der Waals surface area contributed by atoms with Gasteiger partial charge in [0.15, 0.2) is 0 Å². The van der Waals surface area contributed by atoms with E-state index in [4.69, 9.17) is 0 Å². The van der Waals surface area contributed by atoms with Crippen molar-refractivity contribution in [2.75, 3.05) is 0 Å². The zero-order chi connectivity index (χ0) is 0. The molecule has 4 heteroatoms. The number of hydrogen-bond acceptors (Lipinski definition) is 0. The van der Waals surface area contributed by atoms with Crippen molar-refractivity contribution >= 4 is 19.8 Å². The number of hydrogen-bond donors (Lipinski definition) is 0. The second-order valence-electron chi connectivity index (χ2n) is 0. The summed E-state index contributed by atoms with van der Waals surface area (Å²) in [5, 5.41) is 0. The molecule has 2 atom stereocenters. The van der Waals surface area contributed by atoms with Crippen molar-refractivity contribution < 1.29 is 33.6 Å². The van der Waals surface area contributed by atoms with E-state index >= 15 is 0 Å². The Kier molecular flexibility index (Phi) is 207. The van der Waals surface area contributed by atoms with Crippen molar-refractivity contribution in [3.8, 4) is 0 Å². The molecule has 0 aromatic rings. The summed E-state index contributed by atoms with van der Waals surface area (Å²) in [5.41, 5.74) is 0. The molecule has 0 fully saturated rings. The van der Waals surface area contributed by atoms with Gasteiger partial charge in [-0.15, -0.1) is 0 Å². The van der Waals surface area contributed by atoms with Gasteiger partial charge in [-0.3, -0.25) is 0 Å². The van der Waals surface area contributed by atoms with Gasteiger partial charge >= 0.3 is 0 Å². The van der Waals surface area contributed by atoms with E-state index in [9.17, 15) is 0 Å². The van der Waals surface area contributed by atoms with Crippen LogP contribution in [0.1, 0.15) is 0 Å². The van der Waals surface area contributed by atoms with E-state index in [2.05, 4.69) is 0 Å². The summed E-state index contributed by atoms with van der Waals surface area (Å²) in [5.74, 6) is 0. The maximum Gasteiger partial charge on any atom is 0 e. The first kappa shape index (κ1) is 39.8. The van der Waals surface area contributed by atoms with E-state index in [1.165, 1.54) is 0 Å². The summed E-state index contributed by atoms with van der Waals surface area (Å²) in [6.07, 6.45) is 0. The molecule has 0 rings (SSSR count). The van der Waals surface area contributed by atoms with E-state index in [1.54, 1.807) is 0 Å². The maximum atomic E-state index is 0. The van der Waals surface area contributed by atoms with Crippen molar-refractivity contribution in [3.63, 3.8) is 0 Å². The normalized spacial score (nSPS) is 0. The van der Waals surface area contributed by atoms with Gasteiger partial charge in [-0.25, -0.2) is 0 Å². The van der Waals surface area contributed by atoms with Crippen LogP contribution < -0.4 is 0 Å². The number of rotatable bonds is 0. The van der Waals surface area contributed by atoms with Crippen LogP contribution in [0.3, 0.4) is 0 Å². The van der Waals surface area contributed by atoms with Crippen LogP contribution in [0.15, 0.2) is 0 Å². The monoisotopic (exact) mass is 186 g/mol. The summed E-state index contributed by atoms with van der Waals surface area (Å²) in [7, 11) is 0. The summed E-state index contributed by atoms with van der Waals surface area (Å²) in [6, 6.07) is 0. The largest absolute Gasteiger partial charge is 0.153 e. The molecule has 0 heterocycles. The van der Waals surface area contributed by atoms with Crippen LogP contribution in [-0.4, -0.2) is 0 Å². The van der Waals surface area contributed by atoms with Gasteiger partial charge in [-0.05, 0) is 0 Å². The van der Waals surface area contributed by atoms with Gasteiger partial charge in [0.1, 0.15) is 0 Å². The van der Waals surface area contributed by atoms with Gasteiger partial charge in [-0.1, -0.05) is 0 Å². The molecule has 0 amide bonds. The Balaban J connectivity index is 0. The summed E-state index contributed by atoms with van der Waals surface area (Å²) in [4.78, 5) is 0. The van der Waals surface area contributed by atoms with Crippen LogP contribution in [0.25, 0.3) is 0 Å². The molecule has 0 N–H and O–H groups in total. The fourth-order valence-corrected chi connectivity index (χ4v) is 0. The topological polar surface area (TPSA) is 0 Å². The molecule has 2 radical (unpaired) electrons. The molecule has 0 aliphatic carbocycles. The van der Waals surface area contributed by atoms with Crippen LogP contribution in [0.2, 0.25) is 0 Å². The average molecular weight is 186 g/mol. The van der Waals surface area contributed by atoms with E-state index in [0.717, 1.165) is 0 Å². The Labute approximate surface area is 53.5 Å². The maximum absolute atomic E-state index is 0. The molecule has 0 aromatic heterocycles. The van der Waals surface area contributed by atoms with Gasteiger partial charge in [0, 0.05) is 33.6 Å². The quantitative estimate of drug-likeness (QED) is 0.471. The van der Waals surface area contributed by atoms with Crippen LogP contribution >= 0.6 is 19.8 Å². The van der Waals surface area contributed by atoms with Crippen molar-refractivity contribution in [3.05, 3.63) is 0 Å². The molecule has 34 valence electrons. The van der Waals surface area contributed by atoms with Gasteiger partial charge < -0.3 is 0 Å². The Morgan fingerprint density at radius 3 is 0.500 bits per heavy atom. The molecule has 0 bridgehead atoms. The fraction of sp³-hybridized carbons (Fsp3) is 0. The summed E-state index contributed by atoms with van der Waals surface area (Å²) >= 11 is 0. The zero-order valence-corrected chi connectivity index (χ0v) is 6.99. The van der Waals surface area contributed by atoms with E-state index in [-0.39, 0.29) is 53.4 Å². The predicted octanol–water partition coefficient (Wildman–Crippen LogP) is 0.111. The molecule has 4 heavy (non-hydrogen) atoms. The third-order valence-corrected chi connectivity index (χ3v) is 0. The molecule has 0 aliphatic rings. The third kappa shape index (κ3) is 9.11.